The van der Waals surface area contributed by atoms with Gasteiger partial charge in [-0.1, -0.05) is 0 Å². The molecule has 0 bridgehead atoms. The van der Waals surface area contributed by atoms with E-state index < -0.39 is 12.8 Å². The van der Waals surface area contributed by atoms with Crippen LogP contribution in [0.2, 0.25) is 0 Å². The summed E-state index contributed by atoms with van der Waals surface area (Å²) in [6, 6.07) is 6.82. The van der Waals surface area contributed by atoms with Gasteiger partial charge in [0.05, 0.1) is 5.56 Å². The number of ether oxygens (including phenoxy) is 1. The lowest BCUT2D eigenvalue weighted by Gasteiger charge is -2.29. The van der Waals surface area contributed by atoms with Crippen molar-refractivity contribution in [3.05, 3.63) is 53.5 Å². The third-order valence-electron chi connectivity index (χ3n) is 3.77. The largest absolute Gasteiger partial charge is 0.468 e. The quantitative estimate of drug-likeness (QED) is 0.789. The van der Waals surface area contributed by atoms with Crippen LogP contribution in [-0.2, 0) is 6.42 Å². The molecule has 0 N–H and O–H groups in total. The number of benzene rings is 1. The van der Waals surface area contributed by atoms with Gasteiger partial charge in [-0.15, -0.1) is 0 Å². The summed E-state index contributed by atoms with van der Waals surface area (Å²) in [4.78, 5) is 17.9. The first-order valence-corrected chi connectivity index (χ1v) is 7.59. The second-order valence-electron chi connectivity index (χ2n) is 5.62. The summed E-state index contributed by atoms with van der Waals surface area (Å²) in [5, 5.41) is 0. The van der Waals surface area contributed by atoms with Gasteiger partial charge >= 0.3 is 6.18 Å². The van der Waals surface area contributed by atoms with Crippen molar-refractivity contribution in [1.29, 1.82) is 0 Å². The Balaban J connectivity index is 1.76. The van der Waals surface area contributed by atoms with E-state index in [1.807, 2.05) is 0 Å². The summed E-state index contributed by atoms with van der Waals surface area (Å²) < 4.78 is 54.2. The third kappa shape index (κ3) is 4.07. The average Bonchev–Trinajstić information content (AvgIpc) is 2.58. The Kier molecular flexibility index (Phi) is 4.61. The monoisotopic (exact) mass is 354 g/mol. The molecule has 4 nitrogen and oxygen atoms in total. The zero-order valence-corrected chi connectivity index (χ0v) is 13.0. The number of fused-ring (bicyclic) bond motifs is 1. The summed E-state index contributed by atoms with van der Waals surface area (Å²) in [5.41, 5.74) is 1.60. The minimum atomic E-state index is -4.46. The van der Waals surface area contributed by atoms with E-state index in [1.165, 1.54) is 35.4 Å². The van der Waals surface area contributed by atoms with Gasteiger partial charge in [0.1, 0.15) is 5.82 Å². The number of amides is 1. The molecule has 1 aromatic carbocycles. The van der Waals surface area contributed by atoms with Crippen LogP contribution in [0.15, 0.2) is 36.5 Å². The van der Waals surface area contributed by atoms with E-state index in [-0.39, 0.29) is 23.2 Å². The second kappa shape index (κ2) is 6.70. The molecule has 0 fully saturated rings. The Labute approximate surface area is 141 Å². The Bertz CT molecular complexity index is 775. The number of aromatic nitrogens is 1. The van der Waals surface area contributed by atoms with Crippen molar-refractivity contribution in [2.24, 2.45) is 0 Å². The SMILES string of the molecule is O=C(c1ccc(OCC(F)(F)F)nc1)N1CCCc2cc(F)ccc21. The molecular weight excluding hydrogens is 340 g/mol. The summed E-state index contributed by atoms with van der Waals surface area (Å²) in [7, 11) is 0. The highest BCUT2D eigenvalue weighted by atomic mass is 19.4. The van der Waals surface area contributed by atoms with Gasteiger partial charge in [0.2, 0.25) is 5.88 Å². The van der Waals surface area contributed by atoms with Crippen molar-refractivity contribution in [2.45, 2.75) is 19.0 Å². The summed E-state index contributed by atoms with van der Waals surface area (Å²) in [6.07, 6.45) is -1.91. The molecule has 132 valence electrons. The van der Waals surface area contributed by atoms with Gasteiger partial charge < -0.3 is 9.64 Å². The number of hydrogen-bond donors (Lipinski definition) is 0. The summed E-state index contributed by atoms with van der Waals surface area (Å²) >= 11 is 0. The van der Waals surface area contributed by atoms with Crippen LogP contribution in [0, 0.1) is 5.82 Å². The van der Waals surface area contributed by atoms with E-state index in [1.54, 1.807) is 6.07 Å². The molecule has 0 atom stereocenters. The van der Waals surface area contributed by atoms with E-state index >= 15 is 0 Å². The Morgan fingerprint density at radius 3 is 2.72 bits per heavy atom. The normalized spacial score (nSPS) is 14.2. The van der Waals surface area contributed by atoms with Crippen LogP contribution in [0.4, 0.5) is 23.2 Å². The van der Waals surface area contributed by atoms with Crippen LogP contribution < -0.4 is 9.64 Å². The topological polar surface area (TPSA) is 42.4 Å². The van der Waals surface area contributed by atoms with Crippen molar-refractivity contribution in [2.75, 3.05) is 18.1 Å². The van der Waals surface area contributed by atoms with Crippen LogP contribution in [0.3, 0.4) is 0 Å². The Morgan fingerprint density at radius 1 is 1.24 bits per heavy atom. The molecule has 8 heteroatoms. The number of pyridine rings is 1. The summed E-state index contributed by atoms with van der Waals surface area (Å²) in [6.45, 7) is -0.970. The molecule has 0 spiro atoms. The number of halogens is 4. The first-order chi connectivity index (χ1) is 11.8. The highest BCUT2D eigenvalue weighted by Crippen LogP contribution is 2.29. The molecule has 1 aliphatic rings. The van der Waals surface area contributed by atoms with Crippen LogP contribution >= 0.6 is 0 Å². The highest BCUT2D eigenvalue weighted by Gasteiger charge is 2.29. The fraction of sp³-hybridized carbons (Fsp3) is 0.294. The van der Waals surface area contributed by atoms with Crippen molar-refractivity contribution in [3.8, 4) is 5.88 Å². The summed E-state index contributed by atoms with van der Waals surface area (Å²) in [5.74, 6) is -0.918. The van der Waals surface area contributed by atoms with Crippen LogP contribution in [0.25, 0.3) is 0 Å². The number of hydrogen-bond acceptors (Lipinski definition) is 3. The number of carbonyl (C=O) groups excluding carboxylic acids is 1. The van der Waals surface area contributed by atoms with Gasteiger partial charge in [-0.05, 0) is 42.7 Å². The molecule has 0 saturated carbocycles. The Morgan fingerprint density at radius 2 is 2.04 bits per heavy atom. The second-order valence-corrected chi connectivity index (χ2v) is 5.62. The molecule has 0 unspecified atom stereocenters. The first kappa shape index (κ1) is 17.2. The van der Waals surface area contributed by atoms with E-state index in [0.717, 1.165) is 5.56 Å². The van der Waals surface area contributed by atoms with Crippen molar-refractivity contribution in [3.63, 3.8) is 0 Å². The maximum atomic E-state index is 13.3. The number of anilines is 1. The lowest BCUT2D eigenvalue weighted by Crippen LogP contribution is -2.35. The molecular formula is C17H14F4N2O2. The molecule has 0 saturated heterocycles. The molecule has 2 aromatic rings. The van der Waals surface area contributed by atoms with E-state index in [4.69, 9.17) is 0 Å². The third-order valence-corrected chi connectivity index (χ3v) is 3.77. The van der Waals surface area contributed by atoms with Gasteiger partial charge in [0.15, 0.2) is 6.61 Å². The number of aryl methyl sites for hydroxylation is 1. The molecule has 1 aromatic heterocycles. The minimum Gasteiger partial charge on any atom is -0.468 e. The number of carbonyl (C=O) groups is 1. The lowest BCUT2D eigenvalue weighted by atomic mass is 10.0. The average molecular weight is 354 g/mol. The number of rotatable bonds is 3. The van der Waals surface area contributed by atoms with E-state index in [2.05, 4.69) is 9.72 Å². The maximum absolute atomic E-state index is 13.3. The smallest absolute Gasteiger partial charge is 0.422 e. The molecule has 1 aliphatic heterocycles. The molecule has 1 amide bonds. The van der Waals surface area contributed by atoms with Gasteiger partial charge in [-0.2, -0.15) is 13.2 Å². The van der Waals surface area contributed by atoms with Crippen LogP contribution in [0.1, 0.15) is 22.3 Å². The van der Waals surface area contributed by atoms with Gasteiger partial charge in [-0.25, -0.2) is 9.37 Å². The van der Waals surface area contributed by atoms with Crippen molar-refractivity contribution >= 4 is 11.6 Å². The van der Waals surface area contributed by atoms with Crippen molar-refractivity contribution < 1.29 is 27.1 Å². The fourth-order valence-electron chi connectivity index (χ4n) is 2.68. The molecule has 3 rings (SSSR count). The standard InChI is InChI=1S/C17H14F4N2O2/c18-13-4-5-14-11(8-13)2-1-7-23(14)16(24)12-3-6-15(22-9-12)25-10-17(19,20)21/h3-6,8-9H,1-2,7,10H2. The first-order valence-electron chi connectivity index (χ1n) is 7.59. The molecule has 0 aliphatic carbocycles. The fourth-order valence-corrected chi connectivity index (χ4v) is 2.68. The number of nitrogens with zero attached hydrogens (tertiary/aromatic N) is 2. The molecule has 25 heavy (non-hydrogen) atoms. The maximum Gasteiger partial charge on any atom is 0.422 e. The predicted molar refractivity (Wildman–Crippen MR) is 82.2 cm³/mol. The molecule has 0 radical (unpaired) electrons. The van der Waals surface area contributed by atoms with Crippen LogP contribution in [0.5, 0.6) is 5.88 Å². The predicted octanol–water partition coefficient (Wildman–Crippen LogP) is 3.75. The van der Waals surface area contributed by atoms with E-state index in [9.17, 15) is 22.4 Å². The van der Waals surface area contributed by atoms with Gasteiger partial charge in [0.25, 0.3) is 5.91 Å². The number of alkyl halides is 3. The Hall–Kier alpha value is -2.64. The van der Waals surface area contributed by atoms with Crippen LogP contribution in [-0.4, -0.2) is 30.2 Å². The van der Waals surface area contributed by atoms with Crippen molar-refractivity contribution in [1.82, 2.24) is 4.98 Å². The zero-order valence-electron chi connectivity index (χ0n) is 13.0. The van der Waals surface area contributed by atoms with Gasteiger partial charge in [0, 0.05) is 24.5 Å². The molecule has 2 heterocycles. The van der Waals surface area contributed by atoms with E-state index in [0.29, 0.717) is 25.1 Å². The minimum absolute atomic E-state index is 0.213. The lowest BCUT2D eigenvalue weighted by molar-refractivity contribution is -0.154. The van der Waals surface area contributed by atoms with Gasteiger partial charge in [-0.3, -0.25) is 4.79 Å². The zero-order chi connectivity index (χ0) is 18.0. The highest BCUT2D eigenvalue weighted by molar-refractivity contribution is 6.06.